The molecule has 0 aliphatic carbocycles. The number of H-pyrrole nitrogens is 1. The summed E-state index contributed by atoms with van der Waals surface area (Å²) in [6, 6.07) is 4.36. The van der Waals surface area contributed by atoms with Gasteiger partial charge in [0.25, 0.3) is 5.91 Å². The molecule has 0 saturated heterocycles. The normalized spacial score (nSPS) is 10.5. The molecule has 66 valence electrons. The van der Waals surface area contributed by atoms with E-state index in [2.05, 4.69) is 10.2 Å². The molecule has 13 heavy (non-hydrogen) atoms. The van der Waals surface area contributed by atoms with Crippen molar-refractivity contribution in [2.24, 2.45) is 5.73 Å². The van der Waals surface area contributed by atoms with Gasteiger partial charge in [-0.1, -0.05) is 12.1 Å². The van der Waals surface area contributed by atoms with Crippen molar-refractivity contribution in [3.63, 3.8) is 0 Å². The maximum absolute atomic E-state index is 13.0. The Morgan fingerprint density at radius 3 is 3.00 bits per heavy atom. The predicted octanol–water partition coefficient (Wildman–Crippen LogP) is 0.801. The van der Waals surface area contributed by atoms with Crippen LogP contribution < -0.4 is 5.73 Å². The predicted molar refractivity (Wildman–Crippen MR) is 44.6 cm³/mol. The van der Waals surface area contributed by atoms with Crippen molar-refractivity contribution in [2.45, 2.75) is 0 Å². The maximum atomic E-state index is 13.0. The average Bonchev–Trinajstić information content (AvgIpc) is 2.48. The molecule has 3 N–H and O–H groups in total. The first kappa shape index (κ1) is 7.72. The van der Waals surface area contributed by atoms with E-state index in [1.54, 1.807) is 6.07 Å². The Morgan fingerprint density at radius 2 is 2.31 bits per heavy atom. The zero-order valence-corrected chi connectivity index (χ0v) is 6.54. The summed E-state index contributed by atoms with van der Waals surface area (Å²) in [5, 5.41) is 6.44. The first-order chi connectivity index (χ1) is 6.20. The van der Waals surface area contributed by atoms with E-state index in [1.807, 2.05) is 0 Å². The monoisotopic (exact) mass is 179 g/mol. The highest BCUT2D eigenvalue weighted by Crippen LogP contribution is 2.17. The molecule has 1 aromatic carbocycles. The number of amides is 1. The van der Waals surface area contributed by atoms with Gasteiger partial charge in [-0.2, -0.15) is 5.10 Å². The number of rotatable bonds is 1. The number of hydrogen-bond donors (Lipinski definition) is 2. The number of nitrogens with zero attached hydrogens (tertiary/aromatic N) is 1. The van der Waals surface area contributed by atoms with Crippen LogP contribution in [0.1, 0.15) is 10.5 Å². The van der Waals surface area contributed by atoms with E-state index in [0.29, 0.717) is 5.39 Å². The lowest BCUT2D eigenvalue weighted by molar-refractivity contribution is 0.0997. The van der Waals surface area contributed by atoms with Crippen molar-refractivity contribution >= 4 is 16.8 Å². The molecule has 2 aromatic rings. The van der Waals surface area contributed by atoms with Crippen molar-refractivity contribution < 1.29 is 9.18 Å². The number of halogens is 1. The third-order valence-electron chi connectivity index (χ3n) is 1.78. The van der Waals surface area contributed by atoms with Crippen LogP contribution in [-0.2, 0) is 0 Å². The lowest BCUT2D eigenvalue weighted by Crippen LogP contribution is -2.11. The van der Waals surface area contributed by atoms with E-state index in [-0.39, 0.29) is 11.2 Å². The van der Waals surface area contributed by atoms with Crippen molar-refractivity contribution in [1.82, 2.24) is 10.2 Å². The van der Waals surface area contributed by atoms with E-state index in [9.17, 15) is 9.18 Å². The molecular weight excluding hydrogens is 173 g/mol. The summed E-state index contributed by atoms with van der Waals surface area (Å²) in [4.78, 5) is 10.8. The fourth-order valence-electron chi connectivity index (χ4n) is 1.19. The molecular formula is C8H6FN3O. The summed E-state index contributed by atoms with van der Waals surface area (Å²) in [5.41, 5.74) is 5.31. The van der Waals surface area contributed by atoms with E-state index in [4.69, 9.17) is 5.73 Å². The van der Waals surface area contributed by atoms with Crippen LogP contribution in [0.2, 0.25) is 0 Å². The van der Waals surface area contributed by atoms with Crippen molar-refractivity contribution in [1.29, 1.82) is 0 Å². The third-order valence-corrected chi connectivity index (χ3v) is 1.78. The van der Waals surface area contributed by atoms with Crippen molar-refractivity contribution in [3.05, 3.63) is 29.7 Å². The molecule has 0 saturated carbocycles. The van der Waals surface area contributed by atoms with Crippen LogP contribution in [0.4, 0.5) is 4.39 Å². The number of carbonyl (C=O) groups is 1. The van der Waals surface area contributed by atoms with Gasteiger partial charge in [-0.3, -0.25) is 9.89 Å². The Balaban J connectivity index is 2.83. The van der Waals surface area contributed by atoms with Crippen molar-refractivity contribution in [3.8, 4) is 0 Å². The highest BCUT2D eigenvalue weighted by atomic mass is 19.1. The van der Waals surface area contributed by atoms with Crippen molar-refractivity contribution in [2.75, 3.05) is 0 Å². The number of aromatic amines is 1. The van der Waals surface area contributed by atoms with Crippen LogP contribution in [0.15, 0.2) is 18.2 Å². The number of fused-ring (bicyclic) bond motifs is 1. The second-order valence-corrected chi connectivity index (χ2v) is 2.60. The smallest absolute Gasteiger partial charge is 0.267 e. The molecule has 5 heteroatoms. The second kappa shape index (κ2) is 2.55. The number of benzene rings is 1. The standard InChI is InChI=1S/C8H6FN3O/c9-5-3-1-2-4-6(5)11-12-7(4)8(10)13/h1-3H,(H2,10,13)(H,11,12). The maximum Gasteiger partial charge on any atom is 0.267 e. The molecule has 1 aromatic heterocycles. The summed E-state index contributed by atoms with van der Waals surface area (Å²) in [5.74, 6) is -1.12. The SMILES string of the molecule is NC(=O)c1[nH]nc2c(F)cccc12. The van der Waals surface area contributed by atoms with Gasteiger partial charge in [-0.25, -0.2) is 4.39 Å². The molecule has 0 aliphatic heterocycles. The number of aromatic nitrogens is 2. The Bertz CT molecular complexity index is 477. The molecule has 0 unspecified atom stereocenters. The Morgan fingerprint density at radius 1 is 1.54 bits per heavy atom. The number of para-hydroxylation sites is 1. The molecule has 1 amide bonds. The minimum absolute atomic E-state index is 0.134. The zero-order chi connectivity index (χ0) is 9.42. The minimum atomic E-state index is -0.645. The number of nitrogens with one attached hydrogen (secondary N) is 1. The van der Waals surface area contributed by atoms with Gasteiger partial charge in [-0.05, 0) is 6.07 Å². The Labute approximate surface area is 72.5 Å². The zero-order valence-electron chi connectivity index (χ0n) is 6.54. The first-order valence-corrected chi connectivity index (χ1v) is 3.62. The molecule has 0 fully saturated rings. The number of hydrogen-bond acceptors (Lipinski definition) is 2. The van der Waals surface area contributed by atoms with Crippen LogP contribution in [0.3, 0.4) is 0 Å². The summed E-state index contributed by atoms with van der Waals surface area (Å²) < 4.78 is 13.0. The largest absolute Gasteiger partial charge is 0.364 e. The number of primary amides is 1. The molecule has 0 aliphatic rings. The minimum Gasteiger partial charge on any atom is -0.364 e. The molecule has 4 nitrogen and oxygen atoms in total. The van der Waals surface area contributed by atoms with Crippen LogP contribution >= 0.6 is 0 Å². The fraction of sp³-hybridized carbons (Fsp3) is 0. The quantitative estimate of drug-likeness (QED) is 0.679. The lowest BCUT2D eigenvalue weighted by atomic mass is 10.2. The van der Waals surface area contributed by atoms with Gasteiger partial charge in [0.05, 0.1) is 0 Å². The highest BCUT2D eigenvalue weighted by Gasteiger charge is 2.11. The third kappa shape index (κ3) is 1.05. The first-order valence-electron chi connectivity index (χ1n) is 3.62. The summed E-state index contributed by atoms with van der Waals surface area (Å²) >= 11 is 0. The molecule has 0 radical (unpaired) electrons. The molecule has 2 rings (SSSR count). The Hall–Kier alpha value is -1.91. The van der Waals surface area contributed by atoms with Gasteiger partial charge < -0.3 is 5.73 Å². The van der Waals surface area contributed by atoms with Gasteiger partial charge in [0, 0.05) is 5.39 Å². The summed E-state index contributed by atoms with van der Waals surface area (Å²) in [7, 11) is 0. The van der Waals surface area contributed by atoms with Crippen LogP contribution in [0.25, 0.3) is 10.9 Å². The average molecular weight is 179 g/mol. The molecule has 0 spiro atoms. The Kier molecular flexibility index (Phi) is 1.51. The molecule has 0 atom stereocenters. The molecule has 0 bridgehead atoms. The van der Waals surface area contributed by atoms with E-state index >= 15 is 0 Å². The lowest BCUT2D eigenvalue weighted by Gasteiger charge is -1.90. The van der Waals surface area contributed by atoms with Gasteiger partial charge in [0.15, 0.2) is 5.82 Å². The van der Waals surface area contributed by atoms with Gasteiger partial charge >= 0.3 is 0 Å². The second-order valence-electron chi connectivity index (χ2n) is 2.60. The van der Waals surface area contributed by atoms with Gasteiger partial charge in [-0.15, -0.1) is 0 Å². The van der Waals surface area contributed by atoms with E-state index < -0.39 is 11.7 Å². The topological polar surface area (TPSA) is 71.8 Å². The molecule has 1 heterocycles. The van der Waals surface area contributed by atoms with Gasteiger partial charge in [0.2, 0.25) is 0 Å². The van der Waals surface area contributed by atoms with Crippen LogP contribution in [-0.4, -0.2) is 16.1 Å². The summed E-state index contributed by atoms with van der Waals surface area (Å²) in [6.07, 6.45) is 0. The summed E-state index contributed by atoms with van der Waals surface area (Å²) in [6.45, 7) is 0. The number of nitrogens with two attached hydrogens (primary N) is 1. The van der Waals surface area contributed by atoms with Gasteiger partial charge in [0.1, 0.15) is 11.2 Å². The van der Waals surface area contributed by atoms with E-state index in [1.165, 1.54) is 12.1 Å². The van der Waals surface area contributed by atoms with E-state index in [0.717, 1.165) is 0 Å². The fourth-order valence-corrected chi connectivity index (χ4v) is 1.19. The highest BCUT2D eigenvalue weighted by molar-refractivity contribution is 6.03. The number of carbonyl (C=O) groups excluding carboxylic acids is 1. The van der Waals surface area contributed by atoms with Crippen LogP contribution in [0.5, 0.6) is 0 Å². The van der Waals surface area contributed by atoms with Crippen LogP contribution in [0, 0.1) is 5.82 Å².